The van der Waals surface area contributed by atoms with Gasteiger partial charge in [-0.1, -0.05) is 0 Å². The number of anilines is 3. The zero-order valence-corrected chi connectivity index (χ0v) is 14.4. The Labute approximate surface area is 154 Å². The van der Waals surface area contributed by atoms with E-state index in [-0.39, 0.29) is 17.3 Å². The Morgan fingerprint density at radius 3 is 2.48 bits per heavy atom. The Morgan fingerprint density at radius 1 is 1.04 bits per heavy atom. The minimum absolute atomic E-state index is 0.0724. The number of aromatic nitrogens is 2. The van der Waals surface area contributed by atoms with E-state index in [9.17, 15) is 13.6 Å². The van der Waals surface area contributed by atoms with Crippen LogP contribution >= 0.6 is 0 Å². The summed E-state index contributed by atoms with van der Waals surface area (Å²) in [6.07, 6.45) is 1.42. The number of nitrogens with one attached hydrogen (secondary N) is 2. The summed E-state index contributed by atoms with van der Waals surface area (Å²) < 4.78 is 31.6. The number of halogens is 2. The molecule has 3 rings (SSSR count). The molecule has 0 saturated carbocycles. The fourth-order valence-electron chi connectivity index (χ4n) is 2.24. The van der Waals surface area contributed by atoms with Crippen LogP contribution in [0.1, 0.15) is 17.4 Å². The molecule has 27 heavy (non-hydrogen) atoms. The predicted molar refractivity (Wildman–Crippen MR) is 97.2 cm³/mol. The quantitative estimate of drug-likeness (QED) is 0.682. The van der Waals surface area contributed by atoms with Gasteiger partial charge in [-0.3, -0.25) is 4.79 Å². The third-order valence-corrected chi connectivity index (χ3v) is 3.49. The molecule has 1 heterocycles. The molecule has 2 N–H and O–H groups in total. The number of ether oxygens (including phenoxy) is 1. The third-order valence-electron chi connectivity index (χ3n) is 3.49. The number of hydrogen-bond donors (Lipinski definition) is 2. The molecule has 0 unspecified atom stereocenters. The molecule has 0 bridgehead atoms. The first-order valence-electron chi connectivity index (χ1n) is 8.14. The smallest absolute Gasteiger partial charge is 0.274 e. The van der Waals surface area contributed by atoms with Crippen LogP contribution < -0.4 is 15.4 Å². The van der Waals surface area contributed by atoms with Crippen molar-refractivity contribution in [3.05, 3.63) is 72.1 Å². The number of hydrogen-bond acceptors (Lipinski definition) is 5. The minimum Gasteiger partial charge on any atom is -0.494 e. The first-order chi connectivity index (χ1) is 13.0. The average molecular weight is 370 g/mol. The van der Waals surface area contributed by atoms with Crippen LogP contribution in [0.5, 0.6) is 5.75 Å². The lowest BCUT2D eigenvalue weighted by Gasteiger charge is -2.08. The summed E-state index contributed by atoms with van der Waals surface area (Å²) in [7, 11) is 0. The van der Waals surface area contributed by atoms with Crippen LogP contribution in [0.25, 0.3) is 0 Å². The van der Waals surface area contributed by atoms with Gasteiger partial charge in [0.2, 0.25) is 5.95 Å². The molecule has 0 saturated heterocycles. The van der Waals surface area contributed by atoms with Crippen LogP contribution in [-0.2, 0) is 0 Å². The highest BCUT2D eigenvalue weighted by Gasteiger charge is 2.11. The third kappa shape index (κ3) is 4.75. The molecule has 0 fully saturated rings. The summed E-state index contributed by atoms with van der Waals surface area (Å²) in [6.45, 7) is 2.47. The van der Waals surface area contributed by atoms with Crippen molar-refractivity contribution in [2.45, 2.75) is 6.92 Å². The molecule has 0 atom stereocenters. The van der Waals surface area contributed by atoms with Gasteiger partial charge in [0.05, 0.1) is 6.61 Å². The molecule has 2 aromatic carbocycles. The Balaban J connectivity index is 1.70. The lowest BCUT2D eigenvalue weighted by molar-refractivity contribution is 0.102. The molecule has 8 heteroatoms. The van der Waals surface area contributed by atoms with Gasteiger partial charge in [0.25, 0.3) is 5.91 Å². The molecule has 138 valence electrons. The highest BCUT2D eigenvalue weighted by atomic mass is 19.2. The molecule has 1 amide bonds. The lowest BCUT2D eigenvalue weighted by atomic mass is 10.3. The molecule has 3 aromatic rings. The van der Waals surface area contributed by atoms with E-state index in [4.69, 9.17) is 4.74 Å². The lowest BCUT2D eigenvalue weighted by Crippen LogP contribution is -2.15. The van der Waals surface area contributed by atoms with Crippen molar-refractivity contribution in [2.24, 2.45) is 0 Å². The van der Waals surface area contributed by atoms with Gasteiger partial charge in [-0.15, -0.1) is 0 Å². The van der Waals surface area contributed by atoms with Gasteiger partial charge in [-0.2, -0.15) is 0 Å². The summed E-state index contributed by atoms with van der Waals surface area (Å²) in [5.41, 5.74) is 0.915. The SMILES string of the molecule is CCOc1ccc(Nc2nccc(C(=O)Nc3ccc(F)c(F)c3)n2)cc1. The van der Waals surface area contributed by atoms with E-state index < -0.39 is 17.5 Å². The maximum absolute atomic E-state index is 13.2. The Hall–Kier alpha value is -3.55. The van der Waals surface area contributed by atoms with Crippen molar-refractivity contribution in [2.75, 3.05) is 17.2 Å². The summed E-state index contributed by atoms with van der Waals surface area (Å²) >= 11 is 0. The second kappa shape index (κ2) is 8.22. The normalized spacial score (nSPS) is 10.3. The summed E-state index contributed by atoms with van der Waals surface area (Å²) in [6, 6.07) is 11.7. The number of benzene rings is 2. The van der Waals surface area contributed by atoms with Gasteiger partial charge in [-0.05, 0) is 49.4 Å². The van der Waals surface area contributed by atoms with Crippen molar-refractivity contribution in [3.8, 4) is 5.75 Å². The van der Waals surface area contributed by atoms with Gasteiger partial charge in [0.15, 0.2) is 11.6 Å². The predicted octanol–water partition coefficient (Wildman–Crippen LogP) is 4.15. The van der Waals surface area contributed by atoms with E-state index in [0.29, 0.717) is 6.61 Å². The molecule has 1 aromatic heterocycles. The van der Waals surface area contributed by atoms with Crippen LogP contribution in [0.2, 0.25) is 0 Å². The van der Waals surface area contributed by atoms with Crippen LogP contribution in [0.4, 0.5) is 26.1 Å². The van der Waals surface area contributed by atoms with Crippen molar-refractivity contribution in [1.82, 2.24) is 9.97 Å². The first kappa shape index (κ1) is 18.2. The van der Waals surface area contributed by atoms with E-state index in [2.05, 4.69) is 20.6 Å². The fourth-order valence-corrected chi connectivity index (χ4v) is 2.24. The molecule has 0 aliphatic heterocycles. The highest BCUT2D eigenvalue weighted by Crippen LogP contribution is 2.19. The summed E-state index contributed by atoms with van der Waals surface area (Å²) in [5, 5.41) is 5.44. The molecule has 0 radical (unpaired) electrons. The Bertz CT molecular complexity index is 949. The van der Waals surface area contributed by atoms with E-state index in [1.54, 1.807) is 24.3 Å². The van der Waals surface area contributed by atoms with Crippen molar-refractivity contribution < 1.29 is 18.3 Å². The average Bonchev–Trinajstić information content (AvgIpc) is 2.67. The van der Waals surface area contributed by atoms with Gasteiger partial charge in [-0.25, -0.2) is 18.7 Å². The second-order valence-corrected chi connectivity index (χ2v) is 5.43. The van der Waals surface area contributed by atoms with Crippen LogP contribution in [-0.4, -0.2) is 22.5 Å². The number of rotatable bonds is 6. The van der Waals surface area contributed by atoms with Crippen molar-refractivity contribution in [1.29, 1.82) is 0 Å². The summed E-state index contributed by atoms with van der Waals surface area (Å²) in [5.74, 6) is -1.65. The zero-order valence-electron chi connectivity index (χ0n) is 14.4. The van der Waals surface area contributed by atoms with Gasteiger partial charge < -0.3 is 15.4 Å². The van der Waals surface area contributed by atoms with E-state index in [0.717, 1.165) is 23.6 Å². The van der Waals surface area contributed by atoms with Gasteiger partial charge >= 0.3 is 0 Å². The van der Waals surface area contributed by atoms with Crippen molar-refractivity contribution in [3.63, 3.8) is 0 Å². The van der Waals surface area contributed by atoms with E-state index >= 15 is 0 Å². The second-order valence-electron chi connectivity index (χ2n) is 5.43. The molecule has 0 aliphatic carbocycles. The van der Waals surface area contributed by atoms with Gasteiger partial charge in [0.1, 0.15) is 11.4 Å². The Kier molecular flexibility index (Phi) is 5.55. The maximum Gasteiger partial charge on any atom is 0.274 e. The van der Waals surface area contributed by atoms with Crippen LogP contribution in [0.15, 0.2) is 54.7 Å². The first-order valence-corrected chi connectivity index (χ1v) is 8.14. The van der Waals surface area contributed by atoms with Crippen LogP contribution in [0.3, 0.4) is 0 Å². The van der Waals surface area contributed by atoms with Crippen LogP contribution in [0, 0.1) is 11.6 Å². The fraction of sp³-hybridized carbons (Fsp3) is 0.105. The van der Waals surface area contributed by atoms with E-state index in [1.165, 1.54) is 18.3 Å². The largest absolute Gasteiger partial charge is 0.494 e. The number of amides is 1. The maximum atomic E-state index is 13.2. The van der Waals surface area contributed by atoms with Crippen molar-refractivity contribution >= 4 is 23.2 Å². The monoisotopic (exact) mass is 370 g/mol. The highest BCUT2D eigenvalue weighted by molar-refractivity contribution is 6.03. The number of carbonyl (C=O) groups excluding carboxylic acids is 1. The molecule has 0 aliphatic rings. The zero-order chi connectivity index (χ0) is 19.2. The number of carbonyl (C=O) groups is 1. The molecular weight excluding hydrogens is 354 g/mol. The summed E-state index contributed by atoms with van der Waals surface area (Å²) in [4.78, 5) is 20.5. The van der Waals surface area contributed by atoms with Gasteiger partial charge in [0, 0.05) is 23.6 Å². The topological polar surface area (TPSA) is 76.1 Å². The molecule has 0 spiro atoms. The molecular formula is C19H16F2N4O2. The van der Waals surface area contributed by atoms with E-state index in [1.807, 2.05) is 6.92 Å². The number of nitrogens with zero attached hydrogens (tertiary/aromatic N) is 2. The standard InChI is InChI=1S/C19H16F2N4O2/c1-2-27-14-6-3-12(4-7-14)24-19-22-10-9-17(25-19)18(26)23-13-5-8-15(20)16(21)11-13/h3-11H,2H2,1H3,(H,23,26)(H,22,24,25). The molecule has 6 nitrogen and oxygen atoms in total. The Morgan fingerprint density at radius 2 is 1.78 bits per heavy atom. The minimum atomic E-state index is -1.05.